The highest BCUT2D eigenvalue weighted by Crippen LogP contribution is 2.89. The zero-order chi connectivity index (χ0) is 31.8. The van der Waals surface area contributed by atoms with E-state index in [9.17, 15) is 10.2 Å². The molecule has 14 atom stereocenters. The lowest BCUT2D eigenvalue weighted by Gasteiger charge is -2.63. The minimum absolute atomic E-state index is 0.126. The number of aliphatic hydroxyl groups excluding tert-OH is 1. The molecule has 2 spiro atoms. The smallest absolute Gasteiger partial charge is 0.170 e. The molecule has 0 amide bonds. The Bertz CT molecular complexity index is 1150. The Balaban J connectivity index is 1.000. The molecule has 0 bridgehead atoms. The number of hydrogen-bond acceptors (Lipinski definition) is 7. The van der Waals surface area contributed by atoms with Crippen LogP contribution in [-0.4, -0.2) is 90.4 Å². The van der Waals surface area contributed by atoms with Gasteiger partial charge in [0.1, 0.15) is 6.10 Å². The van der Waals surface area contributed by atoms with E-state index in [0.717, 1.165) is 64.5 Å². The van der Waals surface area contributed by atoms with Crippen molar-refractivity contribution in [1.29, 1.82) is 0 Å². The average molecular weight is 630 g/mol. The maximum Gasteiger partial charge on any atom is 0.170 e. The molecule has 8 fully saturated rings. The summed E-state index contributed by atoms with van der Waals surface area (Å²) in [6, 6.07) is 0.521. The van der Waals surface area contributed by atoms with Crippen LogP contribution in [0.25, 0.3) is 0 Å². The molecule has 256 valence electrons. The lowest BCUT2D eigenvalue weighted by molar-refractivity contribution is -0.249. The van der Waals surface area contributed by atoms with Crippen LogP contribution >= 0.6 is 0 Å². The monoisotopic (exact) mass is 629 g/mol. The van der Waals surface area contributed by atoms with Crippen molar-refractivity contribution in [3.05, 3.63) is 0 Å². The fraction of sp³-hybridized carbons (Fsp3) is 1.00. The van der Waals surface area contributed by atoms with Gasteiger partial charge in [-0.15, -0.1) is 0 Å². The molecule has 3 saturated heterocycles. The number of nitrogens with zero attached hydrogens (tertiary/aromatic N) is 1. The van der Waals surface area contributed by atoms with Crippen LogP contribution in [0.3, 0.4) is 0 Å². The molecule has 7 heteroatoms. The number of rotatable bonds is 5. The molecule has 5 aliphatic carbocycles. The second-order valence-electron chi connectivity index (χ2n) is 19.1. The second-order valence-corrected chi connectivity index (χ2v) is 19.1. The summed E-state index contributed by atoms with van der Waals surface area (Å²) in [6.07, 6.45) is 11.4. The summed E-state index contributed by atoms with van der Waals surface area (Å²) in [7, 11) is 0. The van der Waals surface area contributed by atoms with E-state index in [1.165, 1.54) is 38.5 Å². The van der Waals surface area contributed by atoms with Crippen molar-refractivity contribution < 1.29 is 29.2 Å². The van der Waals surface area contributed by atoms with Gasteiger partial charge in [0.05, 0.1) is 37.1 Å². The van der Waals surface area contributed by atoms with E-state index in [4.69, 9.17) is 18.9 Å². The van der Waals surface area contributed by atoms with Gasteiger partial charge >= 0.3 is 0 Å². The van der Waals surface area contributed by atoms with Crippen molar-refractivity contribution in [3.63, 3.8) is 0 Å². The van der Waals surface area contributed by atoms with E-state index < -0.39 is 11.7 Å². The van der Waals surface area contributed by atoms with Gasteiger partial charge in [-0.3, -0.25) is 4.90 Å². The van der Waals surface area contributed by atoms with Gasteiger partial charge in [-0.25, -0.2) is 0 Å². The SMILES string of the molecule is C[C@@H]1CC([C@H](O)C(C)(C)O)OC2C[C@@]3(C)[C@@H]4CCC5C(C)(C)[C@@H](OC6CN([C@H]7CCOC7)CCO6)CC[C@@]56C[C@@]46CC[C@]3(C)C21. The van der Waals surface area contributed by atoms with E-state index in [2.05, 4.69) is 39.5 Å². The predicted molar refractivity (Wildman–Crippen MR) is 172 cm³/mol. The fourth-order valence-corrected chi connectivity index (χ4v) is 14.3. The largest absolute Gasteiger partial charge is 0.388 e. The van der Waals surface area contributed by atoms with E-state index in [0.29, 0.717) is 34.6 Å². The van der Waals surface area contributed by atoms with Crippen molar-refractivity contribution in [3.8, 4) is 0 Å². The summed E-state index contributed by atoms with van der Waals surface area (Å²) in [5.74, 6) is 2.47. The van der Waals surface area contributed by atoms with Crippen LogP contribution in [0.15, 0.2) is 0 Å². The first-order valence-corrected chi connectivity index (χ1v) is 18.8. The van der Waals surface area contributed by atoms with Gasteiger partial charge in [-0.2, -0.15) is 0 Å². The third-order valence-electron chi connectivity index (χ3n) is 16.5. The van der Waals surface area contributed by atoms with E-state index in [-0.39, 0.29) is 40.8 Å². The van der Waals surface area contributed by atoms with Gasteiger partial charge in [-0.05, 0) is 129 Å². The quantitative estimate of drug-likeness (QED) is 0.398. The summed E-state index contributed by atoms with van der Waals surface area (Å²) in [5, 5.41) is 21.7. The van der Waals surface area contributed by atoms with Gasteiger partial charge in [0.2, 0.25) is 0 Å². The highest BCUT2D eigenvalue weighted by Gasteiger charge is 2.83. The number of hydrogen-bond donors (Lipinski definition) is 2. The maximum atomic E-state index is 11.0. The zero-order valence-corrected chi connectivity index (χ0v) is 29.4. The molecular formula is C38H63NO6. The van der Waals surface area contributed by atoms with Gasteiger partial charge in [0.15, 0.2) is 6.29 Å². The van der Waals surface area contributed by atoms with Crippen LogP contribution in [0.1, 0.15) is 113 Å². The molecule has 8 aliphatic rings. The summed E-state index contributed by atoms with van der Waals surface area (Å²) in [4.78, 5) is 2.55. The second kappa shape index (κ2) is 10.4. The average Bonchev–Trinajstić information content (AvgIpc) is 3.23. The first-order chi connectivity index (χ1) is 21.2. The summed E-state index contributed by atoms with van der Waals surface area (Å²) in [5.41, 5.74) is 0.428. The van der Waals surface area contributed by atoms with Crippen molar-refractivity contribution in [2.75, 3.05) is 32.9 Å². The summed E-state index contributed by atoms with van der Waals surface area (Å²) in [6.45, 7) is 20.5. The molecule has 3 aliphatic heterocycles. The third kappa shape index (κ3) is 4.39. The topological polar surface area (TPSA) is 80.6 Å². The standard InChI is InChI=1S/C38H63NO6/c1-23-18-25(32(40)34(4,5)41)44-26-19-36(7)28-9-8-27-33(2,3)29(45-30-20-39(15-17-43-30)24-11-16-42-21-24)10-12-37(27)22-38(28,37)14-13-35(36,6)31(23)26/h23-32,40-41H,8-22H2,1-7H3/t23-,24+,25?,26?,27?,28+,29+,30?,31?,32+,35-,36+,37-,38+/m1/s1. The molecular weight excluding hydrogens is 566 g/mol. The molecule has 5 unspecified atom stereocenters. The van der Waals surface area contributed by atoms with Gasteiger partial charge in [0, 0.05) is 25.7 Å². The Kier molecular flexibility index (Phi) is 7.36. The molecule has 5 saturated carbocycles. The predicted octanol–water partition coefficient (Wildman–Crippen LogP) is 5.79. The third-order valence-corrected chi connectivity index (χ3v) is 16.5. The van der Waals surface area contributed by atoms with Crippen molar-refractivity contribution in [2.45, 2.75) is 155 Å². The van der Waals surface area contributed by atoms with Crippen molar-refractivity contribution >= 4 is 0 Å². The highest BCUT2D eigenvalue weighted by molar-refractivity contribution is 5.31. The number of ether oxygens (including phenoxy) is 4. The van der Waals surface area contributed by atoms with E-state index in [1.54, 1.807) is 13.8 Å². The number of morpholine rings is 1. The van der Waals surface area contributed by atoms with Crippen LogP contribution < -0.4 is 0 Å². The zero-order valence-electron chi connectivity index (χ0n) is 29.4. The lowest BCUT2D eigenvalue weighted by atomic mass is 9.41. The Morgan fingerprint density at radius 2 is 1.69 bits per heavy atom. The van der Waals surface area contributed by atoms with Gasteiger partial charge in [0.25, 0.3) is 0 Å². The fourth-order valence-electron chi connectivity index (χ4n) is 14.3. The highest BCUT2D eigenvalue weighted by atomic mass is 16.7. The lowest BCUT2D eigenvalue weighted by Crippen LogP contribution is -2.59. The summed E-state index contributed by atoms with van der Waals surface area (Å²) < 4.78 is 25.7. The molecule has 0 radical (unpaired) electrons. The molecule has 8 rings (SSSR count). The van der Waals surface area contributed by atoms with Crippen molar-refractivity contribution in [1.82, 2.24) is 4.90 Å². The van der Waals surface area contributed by atoms with E-state index in [1.807, 2.05) is 0 Å². The number of fused-ring (bicyclic) bond motifs is 4. The molecule has 0 aromatic heterocycles. The van der Waals surface area contributed by atoms with E-state index >= 15 is 0 Å². The first kappa shape index (κ1) is 32.0. The van der Waals surface area contributed by atoms with Crippen LogP contribution in [0.4, 0.5) is 0 Å². The van der Waals surface area contributed by atoms with Crippen LogP contribution in [-0.2, 0) is 18.9 Å². The molecule has 0 aromatic carbocycles. The minimum Gasteiger partial charge on any atom is -0.388 e. The number of aliphatic hydroxyl groups is 2. The van der Waals surface area contributed by atoms with Crippen LogP contribution in [0, 0.1) is 50.7 Å². The van der Waals surface area contributed by atoms with Gasteiger partial charge < -0.3 is 29.2 Å². The Morgan fingerprint density at radius 3 is 2.42 bits per heavy atom. The molecule has 3 heterocycles. The normalized spacial score (nSPS) is 54.7. The van der Waals surface area contributed by atoms with Gasteiger partial charge in [-0.1, -0.05) is 34.6 Å². The maximum absolute atomic E-state index is 11.0. The Hall–Kier alpha value is -0.280. The Morgan fingerprint density at radius 1 is 0.933 bits per heavy atom. The van der Waals surface area contributed by atoms with Crippen LogP contribution in [0.2, 0.25) is 0 Å². The van der Waals surface area contributed by atoms with Crippen LogP contribution in [0.5, 0.6) is 0 Å². The molecule has 0 aromatic rings. The molecule has 45 heavy (non-hydrogen) atoms. The molecule has 7 nitrogen and oxygen atoms in total. The minimum atomic E-state index is -1.15. The first-order valence-electron chi connectivity index (χ1n) is 18.8. The van der Waals surface area contributed by atoms with Crippen molar-refractivity contribution in [2.24, 2.45) is 50.7 Å². The molecule has 2 N–H and O–H groups in total. The summed E-state index contributed by atoms with van der Waals surface area (Å²) >= 11 is 0. The Labute approximate surface area is 272 Å².